The Bertz CT molecular complexity index is 753. The number of anilines is 1. The van der Waals surface area contributed by atoms with Crippen LogP contribution >= 0.6 is 0 Å². The van der Waals surface area contributed by atoms with E-state index >= 15 is 0 Å². The molecule has 0 spiro atoms. The summed E-state index contributed by atoms with van der Waals surface area (Å²) in [6.07, 6.45) is 4.78. The van der Waals surface area contributed by atoms with Crippen LogP contribution in [0.1, 0.15) is 59.4 Å². The van der Waals surface area contributed by atoms with E-state index in [0.29, 0.717) is 12.5 Å². The van der Waals surface area contributed by atoms with Gasteiger partial charge < -0.3 is 25.2 Å². The monoisotopic (exact) mass is 446 g/mol. The number of hydrogen-bond acceptors (Lipinski definition) is 5. The van der Waals surface area contributed by atoms with Crippen LogP contribution in [0.3, 0.4) is 0 Å². The first kappa shape index (κ1) is 25.7. The highest BCUT2D eigenvalue weighted by atomic mass is 16.6. The Kier molecular flexibility index (Phi) is 9.60. The van der Waals surface area contributed by atoms with Crippen molar-refractivity contribution in [2.24, 2.45) is 10.9 Å². The minimum atomic E-state index is -0.504. The van der Waals surface area contributed by atoms with Crippen molar-refractivity contribution in [3.63, 3.8) is 0 Å². The molecule has 0 aliphatic carbocycles. The molecule has 1 unspecified atom stereocenters. The highest BCUT2D eigenvalue weighted by Gasteiger charge is 2.22. The molecule has 1 aliphatic rings. The summed E-state index contributed by atoms with van der Waals surface area (Å²) in [5, 5.41) is 6.46. The molecule has 8 heteroatoms. The van der Waals surface area contributed by atoms with E-state index in [0.717, 1.165) is 37.8 Å². The Balaban J connectivity index is 1.87. The molecule has 1 aromatic rings. The van der Waals surface area contributed by atoms with E-state index in [-0.39, 0.29) is 12.1 Å². The molecular weight excluding hydrogens is 404 g/mol. The van der Waals surface area contributed by atoms with Gasteiger partial charge in [-0.1, -0.05) is 13.8 Å². The Morgan fingerprint density at radius 1 is 1.31 bits per heavy atom. The number of ether oxygens (including phenoxy) is 1. The molecule has 2 N–H and O–H groups in total. The summed E-state index contributed by atoms with van der Waals surface area (Å²) in [4.78, 5) is 25.6. The average Bonchev–Trinajstić information content (AvgIpc) is 3.25. The molecule has 2 rings (SSSR count). The lowest BCUT2D eigenvalue weighted by molar-refractivity contribution is 0.0486. The summed E-state index contributed by atoms with van der Waals surface area (Å²) in [5.74, 6) is 2.18. The lowest BCUT2D eigenvalue weighted by Gasteiger charge is -2.28. The summed E-state index contributed by atoms with van der Waals surface area (Å²) in [5.41, 5.74) is 0.679. The third-order valence-electron chi connectivity index (χ3n) is 5.55. The van der Waals surface area contributed by atoms with Crippen molar-refractivity contribution in [3.05, 3.63) is 23.9 Å². The van der Waals surface area contributed by atoms with E-state index in [9.17, 15) is 4.79 Å². The van der Waals surface area contributed by atoms with Crippen LogP contribution in [0.2, 0.25) is 0 Å². The lowest BCUT2D eigenvalue weighted by Crippen LogP contribution is -2.45. The van der Waals surface area contributed by atoms with Gasteiger partial charge in [0, 0.05) is 52.5 Å². The Labute approximate surface area is 193 Å². The molecule has 1 fully saturated rings. The number of pyridine rings is 1. The maximum absolute atomic E-state index is 12.2. The summed E-state index contributed by atoms with van der Waals surface area (Å²) >= 11 is 0. The first-order chi connectivity index (χ1) is 15.1. The number of nitrogens with zero attached hydrogens (tertiary/aromatic N) is 4. The molecule has 180 valence electrons. The second kappa shape index (κ2) is 11.9. The zero-order valence-electron chi connectivity index (χ0n) is 20.9. The molecule has 0 aromatic carbocycles. The number of guanidine groups is 1. The molecule has 1 atom stereocenters. The molecule has 0 bridgehead atoms. The number of nitrogens with one attached hydrogen (secondary N) is 2. The Morgan fingerprint density at radius 2 is 2.00 bits per heavy atom. The van der Waals surface area contributed by atoms with Gasteiger partial charge >= 0.3 is 6.09 Å². The van der Waals surface area contributed by atoms with Crippen LogP contribution in [0.15, 0.2) is 23.3 Å². The minimum Gasteiger partial charge on any atom is -0.444 e. The number of aliphatic imine (C=N–C) groups is 1. The van der Waals surface area contributed by atoms with Gasteiger partial charge in [0.2, 0.25) is 0 Å². The van der Waals surface area contributed by atoms with Crippen molar-refractivity contribution >= 4 is 17.9 Å². The lowest BCUT2D eigenvalue weighted by atomic mass is 10.0. The maximum Gasteiger partial charge on any atom is 0.407 e. The third kappa shape index (κ3) is 8.55. The van der Waals surface area contributed by atoms with E-state index in [2.05, 4.69) is 50.3 Å². The molecule has 1 aliphatic heterocycles. The molecule has 0 radical (unpaired) electrons. The van der Waals surface area contributed by atoms with Crippen molar-refractivity contribution in [1.29, 1.82) is 0 Å². The van der Waals surface area contributed by atoms with Crippen LogP contribution in [0.4, 0.5) is 10.6 Å². The predicted octanol–water partition coefficient (Wildman–Crippen LogP) is 3.63. The van der Waals surface area contributed by atoms with Gasteiger partial charge in [0.25, 0.3) is 0 Å². The van der Waals surface area contributed by atoms with Gasteiger partial charge in [-0.25, -0.2) is 9.78 Å². The van der Waals surface area contributed by atoms with Crippen LogP contribution in [0, 0.1) is 5.92 Å². The molecule has 1 aromatic heterocycles. The third-order valence-corrected chi connectivity index (χ3v) is 5.55. The number of carbonyl (C=O) groups excluding carboxylic acids is 1. The zero-order valence-corrected chi connectivity index (χ0v) is 20.9. The molecule has 0 saturated carbocycles. The van der Waals surface area contributed by atoms with E-state index in [1.165, 1.54) is 18.4 Å². The van der Waals surface area contributed by atoms with Gasteiger partial charge in [0.15, 0.2) is 5.96 Å². The highest BCUT2D eigenvalue weighted by Crippen LogP contribution is 2.18. The number of hydrogen-bond donors (Lipinski definition) is 2. The molecular formula is C24H42N6O2. The molecule has 2 heterocycles. The van der Waals surface area contributed by atoms with E-state index < -0.39 is 5.60 Å². The Hall–Kier alpha value is -2.51. The SMILES string of the molecule is CN=C(NCc1ccnc(N2CCCC2)c1)N(C)CCC(NC(=O)OC(C)(C)C)C(C)C. The van der Waals surface area contributed by atoms with E-state index in [4.69, 9.17) is 4.74 Å². The van der Waals surface area contributed by atoms with E-state index in [1.807, 2.05) is 40.1 Å². The van der Waals surface area contributed by atoms with Crippen molar-refractivity contribution in [2.75, 3.05) is 38.6 Å². The topological polar surface area (TPSA) is 82.1 Å². The van der Waals surface area contributed by atoms with Gasteiger partial charge in [0.1, 0.15) is 11.4 Å². The summed E-state index contributed by atoms with van der Waals surface area (Å²) in [7, 11) is 3.81. The fraction of sp³-hybridized carbons (Fsp3) is 0.708. The van der Waals surface area contributed by atoms with Crippen LogP contribution in [-0.4, -0.2) is 67.3 Å². The van der Waals surface area contributed by atoms with E-state index in [1.54, 1.807) is 7.05 Å². The summed E-state index contributed by atoms with van der Waals surface area (Å²) in [6.45, 7) is 13.4. The summed E-state index contributed by atoms with van der Waals surface area (Å²) < 4.78 is 5.42. The average molecular weight is 447 g/mol. The number of carbonyl (C=O) groups is 1. The number of aromatic nitrogens is 1. The second-order valence-corrected chi connectivity index (χ2v) is 9.82. The fourth-order valence-corrected chi connectivity index (χ4v) is 3.73. The second-order valence-electron chi connectivity index (χ2n) is 9.82. The predicted molar refractivity (Wildman–Crippen MR) is 131 cm³/mol. The van der Waals surface area contributed by atoms with Gasteiger partial charge in [-0.3, -0.25) is 4.99 Å². The van der Waals surface area contributed by atoms with Crippen LogP contribution in [0.25, 0.3) is 0 Å². The number of rotatable bonds is 8. The normalized spacial score (nSPS) is 15.6. The van der Waals surface area contributed by atoms with Crippen LogP contribution < -0.4 is 15.5 Å². The highest BCUT2D eigenvalue weighted by molar-refractivity contribution is 5.79. The smallest absolute Gasteiger partial charge is 0.407 e. The molecule has 1 saturated heterocycles. The minimum absolute atomic E-state index is 0.0219. The Morgan fingerprint density at radius 3 is 2.59 bits per heavy atom. The number of amides is 1. The molecule has 32 heavy (non-hydrogen) atoms. The van der Waals surface area contributed by atoms with Crippen LogP contribution in [0.5, 0.6) is 0 Å². The van der Waals surface area contributed by atoms with Crippen LogP contribution in [-0.2, 0) is 11.3 Å². The standard InChI is InChI=1S/C24H42N6O2/c1-18(2)20(28-23(31)32-24(3,4)5)11-15-29(7)22(25-6)27-17-19-10-12-26-21(16-19)30-13-8-9-14-30/h10,12,16,18,20H,8-9,11,13-15,17H2,1-7H3,(H,25,27)(H,28,31). The van der Waals surface area contributed by atoms with Crippen molar-refractivity contribution in [3.8, 4) is 0 Å². The fourth-order valence-electron chi connectivity index (χ4n) is 3.73. The quantitative estimate of drug-likeness (QED) is 0.469. The largest absolute Gasteiger partial charge is 0.444 e. The summed E-state index contributed by atoms with van der Waals surface area (Å²) in [6, 6.07) is 4.22. The van der Waals surface area contributed by atoms with Crippen molar-refractivity contribution in [1.82, 2.24) is 20.5 Å². The zero-order chi connectivity index (χ0) is 23.7. The van der Waals surface area contributed by atoms with Gasteiger partial charge in [-0.05, 0) is 63.6 Å². The van der Waals surface area contributed by atoms with Gasteiger partial charge in [0.05, 0.1) is 0 Å². The molecule has 1 amide bonds. The van der Waals surface area contributed by atoms with Gasteiger partial charge in [-0.15, -0.1) is 0 Å². The first-order valence-electron chi connectivity index (χ1n) is 11.7. The number of alkyl carbamates (subject to hydrolysis) is 1. The molecule has 8 nitrogen and oxygen atoms in total. The van der Waals surface area contributed by atoms with Crippen molar-refractivity contribution < 1.29 is 9.53 Å². The maximum atomic E-state index is 12.2. The first-order valence-corrected chi connectivity index (χ1v) is 11.7. The van der Waals surface area contributed by atoms with Gasteiger partial charge in [-0.2, -0.15) is 0 Å². The van der Waals surface area contributed by atoms with Crippen molar-refractivity contribution in [2.45, 2.75) is 72.1 Å².